The fourth-order valence-electron chi connectivity index (χ4n) is 3.21. The van der Waals surface area contributed by atoms with E-state index >= 15 is 0 Å². The second-order valence-corrected chi connectivity index (χ2v) is 7.18. The van der Waals surface area contributed by atoms with E-state index in [4.69, 9.17) is 10.5 Å². The fraction of sp³-hybridized carbons (Fsp3) is 0.579. The molecule has 1 aromatic rings. The highest BCUT2D eigenvalue weighted by molar-refractivity contribution is 14.0. The molecule has 1 aliphatic heterocycles. The van der Waals surface area contributed by atoms with E-state index in [2.05, 4.69) is 4.99 Å². The second kappa shape index (κ2) is 9.03. The number of amides is 1. The standard InChI is InChI=1S/C19H28N4O2.HI/c1-13-11-23(12-14(2)25-13)18(24)16-6-4-15(5-7-16)10-21-19(20)22(3)17-8-9-17;/h4-7,13-14,17H,8-12H2,1-3H3,(H2,20,21);1H. The average Bonchev–Trinajstić information content (AvgIpc) is 3.43. The number of morpholine rings is 1. The van der Waals surface area contributed by atoms with Crippen molar-refractivity contribution in [3.05, 3.63) is 35.4 Å². The van der Waals surface area contributed by atoms with Gasteiger partial charge in [0, 0.05) is 31.7 Å². The van der Waals surface area contributed by atoms with E-state index in [0.29, 0.717) is 37.2 Å². The van der Waals surface area contributed by atoms with Gasteiger partial charge in [-0.1, -0.05) is 12.1 Å². The summed E-state index contributed by atoms with van der Waals surface area (Å²) in [6.45, 7) is 5.81. The van der Waals surface area contributed by atoms with Gasteiger partial charge in [0.1, 0.15) is 0 Å². The first-order valence-corrected chi connectivity index (χ1v) is 9.00. The van der Waals surface area contributed by atoms with Gasteiger partial charge in [-0.3, -0.25) is 4.79 Å². The first kappa shape index (κ1) is 21.0. The maximum Gasteiger partial charge on any atom is 0.254 e. The monoisotopic (exact) mass is 472 g/mol. The van der Waals surface area contributed by atoms with E-state index in [9.17, 15) is 4.79 Å². The lowest BCUT2D eigenvalue weighted by Crippen LogP contribution is -2.48. The van der Waals surface area contributed by atoms with Crippen molar-refractivity contribution in [2.24, 2.45) is 10.7 Å². The van der Waals surface area contributed by atoms with Crippen LogP contribution in [0.25, 0.3) is 0 Å². The predicted molar refractivity (Wildman–Crippen MR) is 114 cm³/mol. The molecule has 7 heteroatoms. The van der Waals surface area contributed by atoms with Crippen molar-refractivity contribution < 1.29 is 9.53 Å². The highest BCUT2D eigenvalue weighted by Gasteiger charge is 2.27. The molecule has 0 radical (unpaired) electrons. The van der Waals surface area contributed by atoms with E-state index in [-0.39, 0.29) is 42.1 Å². The summed E-state index contributed by atoms with van der Waals surface area (Å²) >= 11 is 0. The maximum atomic E-state index is 12.7. The first-order chi connectivity index (χ1) is 11.9. The van der Waals surface area contributed by atoms with Gasteiger partial charge >= 0.3 is 0 Å². The van der Waals surface area contributed by atoms with E-state index < -0.39 is 0 Å². The molecule has 2 fully saturated rings. The van der Waals surface area contributed by atoms with Crippen molar-refractivity contribution >= 4 is 35.8 Å². The Kier molecular flexibility index (Phi) is 7.28. The number of ether oxygens (including phenoxy) is 1. The van der Waals surface area contributed by atoms with E-state index in [1.165, 1.54) is 12.8 Å². The third-order valence-corrected chi connectivity index (χ3v) is 4.79. The van der Waals surface area contributed by atoms with Crippen LogP contribution in [0.3, 0.4) is 0 Å². The number of nitrogens with zero attached hydrogens (tertiary/aromatic N) is 3. The number of carbonyl (C=O) groups is 1. The van der Waals surface area contributed by atoms with Crippen LogP contribution in [0.5, 0.6) is 0 Å². The van der Waals surface area contributed by atoms with Gasteiger partial charge in [-0.05, 0) is 44.4 Å². The first-order valence-electron chi connectivity index (χ1n) is 9.00. The molecule has 2 aliphatic rings. The molecular formula is C19H29IN4O2. The van der Waals surface area contributed by atoms with Crippen molar-refractivity contribution in [2.45, 2.75) is 51.5 Å². The van der Waals surface area contributed by atoms with Gasteiger partial charge in [-0.25, -0.2) is 4.99 Å². The van der Waals surface area contributed by atoms with Crippen molar-refractivity contribution in [2.75, 3.05) is 20.1 Å². The molecule has 1 saturated carbocycles. The Morgan fingerprint density at radius 3 is 2.35 bits per heavy atom. The molecule has 3 rings (SSSR count). The van der Waals surface area contributed by atoms with Crippen LogP contribution >= 0.6 is 24.0 Å². The molecule has 2 atom stereocenters. The van der Waals surface area contributed by atoms with E-state index in [1.807, 2.05) is 55.0 Å². The van der Waals surface area contributed by atoms with Crippen molar-refractivity contribution in [1.29, 1.82) is 0 Å². The number of hydrogen-bond donors (Lipinski definition) is 1. The number of nitrogens with two attached hydrogens (primary N) is 1. The molecular weight excluding hydrogens is 443 g/mol. The summed E-state index contributed by atoms with van der Waals surface area (Å²) < 4.78 is 5.69. The van der Waals surface area contributed by atoms with Gasteiger partial charge in [0.25, 0.3) is 5.91 Å². The van der Waals surface area contributed by atoms with Gasteiger partial charge in [0.2, 0.25) is 0 Å². The van der Waals surface area contributed by atoms with Gasteiger partial charge in [0.15, 0.2) is 5.96 Å². The minimum atomic E-state index is 0. The molecule has 26 heavy (non-hydrogen) atoms. The van der Waals surface area contributed by atoms with Crippen LogP contribution in [0.1, 0.15) is 42.6 Å². The van der Waals surface area contributed by atoms with Crippen molar-refractivity contribution in [1.82, 2.24) is 9.80 Å². The number of carbonyl (C=O) groups excluding carboxylic acids is 1. The molecule has 1 aliphatic carbocycles. The zero-order valence-corrected chi connectivity index (χ0v) is 18.1. The summed E-state index contributed by atoms with van der Waals surface area (Å²) in [5.41, 5.74) is 7.77. The Bertz CT molecular complexity index is 635. The van der Waals surface area contributed by atoms with Crippen LogP contribution in [-0.2, 0) is 11.3 Å². The van der Waals surface area contributed by atoms with Crippen molar-refractivity contribution in [3.8, 4) is 0 Å². The van der Waals surface area contributed by atoms with Crippen LogP contribution in [0, 0.1) is 0 Å². The minimum absolute atomic E-state index is 0. The summed E-state index contributed by atoms with van der Waals surface area (Å²) in [5, 5.41) is 0. The third kappa shape index (κ3) is 5.33. The summed E-state index contributed by atoms with van der Waals surface area (Å²) in [7, 11) is 1.99. The summed E-state index contributed by atoms with van der Waals surface area (Å²) in [5.74, 6) is 0.643. The average molecular weight is 472 g/mol. The molecule has 0 bridgehead atoms. The lowest BCUT2D eigenvalue weighted by Gasteiger charge is -2.35. The predicted octanol–water partition coefficient (Wildman–Crippen LogP) is 2.46. The molecule has 144 valence electrons. The van der Waals surface area contributed by atoms with Crippen LogP contribution in [0.15, 0.2) is 29.3 Å². The molecule has 0 spiro atoms. The van der Waals surface area contributed by atoms with Crippen LogP contribution in [0.4, 0.5) is 0 Å². The smallest absolute Gasteiger partial charge is 0.254 e. The van der Waals surface area contributed by atoms with Gasteiger partial charge in [-0.15, -0.1) is 24.0 Å². The SMILES string of the molecule is CC1CN(C(=O)c2ccc(CN=C(N)N(C)C3CC3)cc2)CC(C)O1.I. The Morgan fingerprint density at radius 2 is 1.81 bits per heavy atom. The molecule has 0 aromatic heterocycles. The number of halogens is 1. The quantitative estimate of drug-likeness (QED) is 0.415. The number of aliphatic imine (C=N–C) groups is 1. The molecule has 1 saturated heterocycles. The molecule has 6 nitrogen and oxygen atoms in total. The Labute approximate surface area is 172 Å². The third-order valence-electron chi connectivity index (χ3n) is 4.79. The van der Waals surface area contributed by atoms with Gasteiger partial charge in [-0.2, -0.15) is 0 Å². The molecule has 1 aromatic carbocycles. The highest BCUT2D eigenvalue weighted by Crippen LogP contribution is 2.25. The van der Waals surface area contributed by atoms with Crippen LogP contribution in [-0.4, -0.2) is 60.1 Å². The number of benzene rings is 1. The zero-order chi connectivity index (χ0) is 18.0. The van der Waals surface area contributed by atoms with Crippen LogP contribution in [0.2, 0.25) is 0 Å². The number of rotatable bonds is 4. The Hall–Kier alpha value is -1.35. The molecule has 2 unspecified atom stereocenters. The summed E-state index contributed by atoms with van der Waals surface area (Å²) in [4.78, 5) is 21.0. The van der Waals surface area contributed by atoms with Crippen molar-refractivity contribution in [3.63, 3.8) is 0 Å². The van der Waals surface area contributed by atoms with E-state index in [0.717, 1.165) is 5.56 Å². The number of hydrogen-bond acceptors (Lipinski definition) is 3. The second-order valence-electron chi connectivity index (χ2n) is 7.18. The number of guanidine groups is 1. The van der Waals surface area contributed by atoms with Gasteiger partial charge < -0.3 is 20.3 Å². The Morgan fingerprint density at radius 1 is 1.23 bits per heavy atom. The highest BCUT2D eigenvalue weighted by atomic mass is 127. The molecule has 1 amide bonds. The zero-order valence-electron chi connectivity index (χ0n) is 15.7. The maximum absolute atomic E-state index is 12.7. The summed E-state index contributed by atoms with van der Waals surface area (Å²) in [6, 6.07) is 8.21. The molecule has 2 N–H and O–H groups in total. The lowest BCUT2D eigenvalue weighted by atomic mass is 10.1. The lowest BCUT2D eigenvalue weighted by molar-refractivity contribution is -0.0586. The Balaban J connectivity index is 0.00000243. The minimum Gasteiger partial charge on any atom is -0.372 e. The van der Waals surface area contributed by atoms with Gasteiger partial charge in [0.05, 0.1) is 18.8 Å². The molecule has 1 heterocycles. The fourth-order valence-corrected chi connectivity index (χ4v) is 3.21. The summed E-state index contributed by atoms with van der Waals surface area (Å²) in [6.07, 6.45) is 2.55. The topological polar surface area (TPSA) is 71.2 Å². The van der Waals surface area contributed by atoms with Crippen LogP contribution < -0.4 is 5.73 Å². The normalized spacial score (nSPS) is 23.3. The van der Waals surface area contributed by atoms with E-state index in [1.54, 1.807) is 0 Å². The largest absolute Gasteiger partial charge is 0.372 e.